The third kappa shape index (κ3) is 4.22. The van der Waals surface area contributed by atoms with Gasteiger partial charge in [0.05, 0.1) is 12.8 Å². The second-order valence-corrected chi connectivity index (χ2v) is 5.81. The van der Waals surface area contributed by atoms with Gasteiger partial charge >= 0.3 is 0 Å². The fourth-order valence-corrected chi connectivity index (χ4v) is 2.81. The van der Waals surface area contributed by atoms with Crippen LogP contribution in [0.3, 0.4) is 0 Å². The summed E-state index contributed by atoms with van der Waals surface area (Å²) in [4.78, 5) is 4.46. The predicted molar refractivity (Wildman–Crippen MR) is 99.1 cm³/mol. The number of nitrogens with one attached hydrogen (secondary N) is 1. The average molecular weight is 416 g/mol. The van der Waals surface area contributed by atoms with Crippen LogP contribution in [0, 0.1) is 5.82 Å². The van der Waals surface area contributed by atoms with Gasteiger partial charge in [0.15, 0.2) is 16.7 Å². The Kier molecular flexibility index (Phi) is 5.98. The van der Waals surface area contributed by atoms with Crippen LogP contribution >= 0.6 is 39.9 Å². The first kappa shape index (κ1) is 17.7. The van der Waals surface area contributed by atoms with E-state index in [1.54, 1.807) is 24.3 Å². The predicted octanol–water partition coefficient (Wildman–Crippen LogP) is 5.93. The standard InChI is InChI=1S/C16H12ClFN2OS.BrH/c1-21-15-7-2-10(8-13(15)18)14-9-22-16(20-14)19-12-5-3-11(17)4-6-12;/h2-9H,1H3,(H,19,20);1H. The van der Waals surface area contributed by atoms with Gasteiger partial charge in [0, 0.05) is 21.7 Å². The number of hydrogen-bond acceptors (Lipinski definition) is 4. The molecule has 0 bridgehead atoms. The Morgan fingerprint density at radius 3 is 2.57 bits per heavy atom. The maximum Gasteiger partial charge on any atom is 0.187 e. The zero-order valence-corrected chi connectivity index (χ0v) is 15.3. The normalized spacial score (nSPS) is 10.0. The molecule has 0 atom stereocenters. The molecule has 0 saturated carbocycles. The van der Waals surface area contributed by atoms with E-state index in [-0.39, 0.29) is 22.7 Å². The van der Waals surface area contributed by atoms with Crippen molar-refractivity contribution in [2.75, 3.05) is 12.4 Å². The Hall–Kier alpha value is -1.63. The molecule has 0 spiro atoms. The minimum atomic E-state index is -0.403. The van der Waals surface area contributed by atoms with E-state index in [1.807, 2.05) is 17.5 Å². The summed E-state index contributed by atoms with van der Waals surface area (Å²) in [5, 5.41) is 6.47. The van der Waals surface area contributed by atoms with Crippen LogP contribution in [-0.2, 0) is 0 Å². The number of benzene rings is 2. The molecule has 1 heterocycles. The molecule has 0 amide bonds. The third-order valence-electron chi connectivity index (χ3n) is 3.05. The Morgan fingerprint density at radius 2 is 1.91 bits per heavy atom. The van der Waals surface area contributed by atoms with Gasteiger partial charge in [0.2, 0.25) is 0 Å². The molecule has 3 rings (SSSR count). The van der Waals surface area contributed by atoms with E-state index in [9.17, 15) is 4.39 Å². The van der Waals surface area contributed by atoms with Crippen LogP contribution in [0.4, 0.5) is 15.2 Å². The molecule has 0 aliphatic rings. The van der Waals surface area contributed by atoms with Crippen molar-refractivity contribution in [1.82, 2.24) is 4.98 Å². The fourth-order valence-electron chi connectivity index (χ4n) is 1.95. The summed E-state index contributed by atoms with van der Waals surface area (Å²) in [5.41, 5.74) is 2.31. The molecule has 1 aromatic heterocycles. The van der Waals surface area contributed by atoms with Crippen LogP contribution in [0.15, 0.2) is 47.8 Å². The molecule has 0 fully saturated rings. The van der Waals surface area contributed by atoms with Crippen molar-refractivity contribution in [3.63, 3.8) is 0 Å². The molecular formula is C16H13BrClFN2OS. The zero-order valence-electron chi connectivity index (χ0n) is 12.0. The molecule has 120 valence electrons. The highest BCUT2D eigenvalue weighted by atomic mass is 79.9. The largest absolute Gasteiger partial charge is 0.494 e. The van der Waals surface area contributed by atoms with Crippen molar-refractivity contribution >= 4 is 50.7 Å². The lowest BCUT2D eigenvalue weighted by Gasteiger charge is -2.03. The Bertz CT molecular complexity index is 795. The van der Waals surface area contributed by atoms with Crippen LogP contribution in [0.1, 0.15) is 0 Å². The second kappa shape index (κ2) is 7.77. The van der Waals surface area contributed by atoms with Gasteiger partial charge in [-0.3, -0.25) is 0 Å². The van der Waals surface area contributed by atoms with Gasteiger partial charge in [-0.2, -0.15) is 0 Å². The van der Waals surface area contributed by atoms with Gasteiger partial charge in [-0.05, 0) is 42.5 Å². The second-order valence-electron chi connectivity index (χ2n) is 4.52. The molecule has 2 aromatic carbocycles. The summed E-state index contributed by atoms with van der Waals surface area (Å²) >= 11 is 7.30. The number of hydrogen-bond donors (Lipinski definition) is 1. The number of anilines is 2. The summed E-state index contributed by atoms with van der Waals surface area (Å²) < 4.78 is 18.7. The number of nitrogens with zero attached hydrogens (tertiary/aromatic N) is 1. The molecule has 0 aliphatic carbocycles. The van der Waals surface area contributed by atoms with Crippen molar-refractivity contribution < 1.29 is 9.13 Å². The monoisotopic (exact) mass is 414 g/mol. The van der Waals surface area contributed by atoms with Crippen molar-refractivity contribution in [3.8, 4) is 17.0 Å². The number of halogens is 3. The number of ether oxygens (including phenoxy) is 1. The Labute approximate surface area is 152 Å². The third-order valence-corrected chi connectivity index (χ3v) is 4.06. The summed E-state index contributed by atoms with van der Waals surface area (Å²) in [6.45, 7) is 0. The quantitative estimate of drug-likeness (QED) is 0.573. The van der Waals surface area contributed by atoms with Crippen molar-refractivity contribution in [2.24, 2.45) is 0 Å². The van der Waals surface area contributed by atoms with Gasteiger partial charge < -0.3 is 10.1 Å². The average Bonchev–Trinajstić information content (AvgIpc) is 2.98. The summed E-state index contributed by atoms with van der Waals surface area (Å²) in [5.74, 6) is -0.182. The smallest absolute Gasteiger partial charge is 0.187 e. The Balaban J connectivity index is 0.00000192. The maximum absolute atomic E-state index is 13.8. The van der Waals surface area contributed by atoms with E-state index in [4.69, 9.17) is 16.3 Å². The molecule has 0 saturated heterocycles. The van der Waals surface area contributed by atoms with Crippen molar-refractivity contribution in [3.05, 3.63) is 58.7 Å². The summed E-state index contributed by atoms with van der Waals surface area (Å²) in [6.07, 6.45) is 0. The van der Waals surface area contributed by atoms with Gasteiger partial charge in [-0.1, -0.05) is 11.6 Å². The maximum atomic E-state index is 13.8. The first-order chi connectivity index (χ1) is 10.7. The first-order valence-electron chi connectivity index (χ1n) is 6.48. The molecule has 3 nitrogen and oxygen atoms in total. The lowest BCUT2D eigenvalue weighted by Crippen LogP contribution is -1.90. The van der Waals surface area contributed by atoms with Crippen LogP contribution in [0.25, 0.3) is 11.3 Å². The number of thiazole rings is 1. The van der Waals surface area contributed by atoms with Crippen LogP contribution in [0.5, 0.6) is 5.75 Å². The van der Waals surface area contributed by atoms with Crippen LogP contribution in [-0.4, -0.2) is 12.1 Å². The van der Waals surface area contributed by atoms with Crippen LogP contribution in [0.2, 0.25) is 5.02 Å². The van der Waals surface area contributed by atoms with Gasteiger partial charge in [0.1, 0.15) is 0 Å². The first-order valence-corrected chi connectivity index (χ1v) is 7.73. The van der Waals surface area contributed by atoms with E-state index < -0.39 is 5.82 Å². The highest BCUT2D eigenvalue weighted by Gasteiger charge is 2.09. The van der Waals surface area contributed by atoms with Gasteiger partial charge in [-0.25, -0.2) is 9.37 Å². The van der Waals surface area contributed by atoms with E-state index >= 15 is 0 Å². The molecule has 0 aliphatic heterocycles. The molecule has 0 unspecified atom stereocenters. The summed E-state index contributed by atoms with van der Waals surface area (Å²) in [7, 11) is 1.44. The van der Waals surface area contributed by atoms with Crippen molar-refractivity contribution in [2.45, 2.75) is 0 Å². The minimum absolute atomic E-state index is 0. The lowest BCUT2D eigenvalue weighted by molar-refractivity contribution is 0.386. The van der Waals surface area contributed by atoms with E-state index in [0.717, 1.165) is 10.8 Å². The van der Waals surface area contributed by atoms with Crippen LogP contribution < -0.4 is 10.1 Å². The highest BCUT2D eigenvalue weighted by molar-refractivity contribution is 8.93. The topological polar surface area (TPSA) is 34.1 Å². The SMILES string of the molecule is Br.COc1ccc(-c2csc(Nc3ccc(Cl)cc3)n2)cc1F. The zero-order chi connectivity index (χ0) is 15.5. The molecule has 23 heavy (non-hydrogen) atoms. The van der Waals surface area contributed by atoms with E-state index in [0.29, 0.717) is 16.3 Å². The lowest BCUT2D eigenvalue weighted by atomic mass is 10.1. The number of rotatable bonds is 4. The fraction of sp³-hybridized carbons (Fsp3) is 0.0625. The number of methoxy groups -OCH3 is 1. The van der Waals surface area contributed by atoms with Gasteiger partial charge in [-0.15, -0.1) is 28.3 Å². The van der Waals surface area contributed by atoms with E-state index in [1.165, 1.54) is 24.5 Å². The number of aromatic nitrogens is 1. The molecule has 7 heteroatoms. The highest BCUT2D eigenvalue weighted by Crippen LogP contribution is 2.29. The summed E-state index contributed by atoms with van der Waals surface area (Å²) in [6, 6.07) is 12.1. The molecule has 0 radical (unpaired) electrons. The minimum Gasteiger partial charge on any atom is -0.494 e. The molecule has 3 aromatic rings. The Morgan fingerprint density at radius 1 is 1.17 bits per heavy atom. The molecule has 1 N–H and O–H groups in total. The molecular weight excluding hydrogens is 403 g/mol. The van der Waals surface area contributed by atoms with Gasteiger partial charge in [0.25, 0.3) is 0 Å². The van der Waals surface area contributed by atoms with Crippen molar-refractivity contribution in [1.29, 1.82) is 0 Å². The van der Waals surface area contributed by atoms with E-state index in [2.05, 4.69) is 10.3 Å².